The predicted molar refractivity (Wildman–Crippen MR) is 104 cm³/mol. The van der Waals surface area contributed by atoms with E-state index < -0.39 is 0 Å². The lowest BCUT2D eigenvalue weighted by Gasteiger charge is -2.11. The Hall–Kier alpha value is -2.59. The molecule has 0 atom stereocenters. The van der Waals surface area contributed by atoms with Crippen LogP contribution in [0.2, 0.25) is 0 Å². The van der Waals surface area contributed by atoms with Crippen LogP contribution < -0.4 is 0 Å². The topological polar surface area (TPSA) is 30.2 Å². The van der Waals surface area contributed by atoms with Gasteiger partial charge in [0.15, 0.2) is 5.65 Å². The quantitative estimate of drug-likeness (QED) is 0.423. The summed E-state index contributed by atoms with van der Waals surface area (Å²) >= 11 is 4.80. The van der Waals surface area contributed by atoms with Gasteiger partial charge in [-0.2, -0.15) is 5.10 Å². The largest absolute Gasteiger partial charge is 0.233 e. The first-order valence-corrected chi connectivity index (χ1v) is 8.77. The van der Waals surface area contributed by atoms with E-state index in [1.165, 1.54) is 5.56 Å². The highest BCUT2D eigenvalue weighted by molar-refractivity contribution is 7.80. The molecule has 0 aliphatic heterocycles. The molecular formula is C21H19N3S. The Bertz CT molecular complexity index is 1040. The summed E-state index contributed by atoms with van der Waals surface area (Å²) in [7, 11) is 0. The first-order chi connectivity index (χ1) is 12.1. The monoisotopic (exact) mass is 345 g/mol. The molecule has 0 radical (unpaired) electrons. The zero-order valence-electron chi connectivity index (χ0n) is 14.3. The molecule has 4 rings (SSSR count). The van der Waals surface area contributed by atoms with Gasteiger partial charge in [-0.25, -0.2) is 9.50 Å². The molecule has 4 heteroatoms. The number of fused-ring (bicyclic) bond motifs is 1. The molecule has 0 aliphatic carbocycles. The molecule has 3 nitrogen and oxygen atoms in total. The highest BCUT2D eigenvalue weighted by atomic mass is 32.1. The number of nitrogens with zero attached hydrogens (tertiary/aromatic N) is 3. The number of hydrogen-bond acceptors (Lipinski definition) is 3. The van der Waals surface area contributed by atoms with Crippen molar-refractivity contribution < 1.29 is 0 Å². The van der Waals surface area contributed by atoms with Crippen molar-refractivity contribution in [2.24, 2.45) is 0 Å². The van der Waals surface area contributed by atoms with Crippen molar-refractivity contribution in [1.82, 2.24) is 14.6 Å². The van der Waals surface area contributed by atoms with E-state index in [0.717, 1.165) is 45.2 Å². The molecule has 25 heavy (non-hydrogen) atoms. The zero-order valence-corrected chi connectivity index (χ0v) is 15.2. The molecule has 124 valence electrons. The number of hydrogen-bond donors (Lipinski definition) is 1. The lowest BCUT2D eigenvalue weighted by Crippen LogP contribution is -2.04. The van der Waals surface area contributed by atoms with Crippen molar-refractivity contribution in [2.45, 2.75) is 25.3 Å². The molecular weight excluding hydrogens is 326 g/mol. The highest BCUT2D eigenvalue weighted by Gasteiger charge is 2.18. The standard InChI is InChI=1S/C21H19N3S/c1-14-18(13-16-9-5-3-6-10-16)21(25)24-20(22-14)19(15(2)23-24)17-11-7-4-8-12-17/h3-12,25H,13H2,1-2H3. The van der Waals surface area contributed by atoms with Gasteiger partial charge in [0.2, 0.25) is 0 Å². The maximum absolute atomic E-state index is 4.88. The van der Waals surface area contributed by atoms with E-state index in [-0.39, 0.29) is 0 Å². The van der Waals surface area contributed by atoms with Crippen LogP contribution in [0.4, 0.5) is 0 Å². The van der Waals surface area contributed by atoms with E-state index in [1.807, 2.05) is 35.7 Å². The maximum Gasteiger partial charge on any atom is 0.164 e. The minimum absolute atomic E-state index is 0.800. The van der Waals surface area contributed by atoms with E-state index >= 15 is 0 Å². The van der Waals surface area contributed by atoms with Crippen molar-refractivity contribution in [3.05, 3.63) is 83.2 Å². The van der Waals surface area contributed by atoms with Crippen molar-refractivity contribution in [1.29, 1.82) is 0 Å². The first kappa shape index (κ1) is 15.9. The summed E-state index contributed by atoms with van der Waals surface area (Å²) in [6.07, 6.45) is 0.800. The predicted octanol–water partition coefficient (Wildman–Crippen LogP) is 4.89. The highest BCUT2D eigenvalue weighted by Crippen LogP contribution is 2.30. The van der Waals surface area contributed by atoms with Crippen LogP contribution in [0.5, 0.6) is 0 Å². The van der Waals surface area contributed by atoms with Crippen LogP contribution in [0.3, 0.4) is 0 Å². The number of aryl methyl sites for hydroxylation is 2. The Balaban J connectivity index is 1.90. The number of thiol groups is 1. The minimum atomic E-state index is 0.800. The van der Waals surface area contributed by atoms with Crippen molar-refractivity contribution in [3.63, 3.8) is 0 Å². The van der Waals surface area contributed by atoms with Gasteiger partial charge >= 0.3 is 0 Å². The van der Waals surface area contributed by atoms with Crippen LogP contribution in [0.1, 0.15) is 22.5 Å². The molecule has 2 aromatic heterocycles. The fourth-order valence-corrected chi connectivity index (χ4v) is 3.61. The Kier molecular flexibility index (Phi) is 4.06. The molecule has 0 N–H and O–H groups in total. The summed E-state index contributed by atoms with van der Waals surface area (Å²) in [4.78, 5) is 4.88. The Morgan fingerprint density at radius 3 is 2.20 bits per heavy atom. The Morgan fingerprint density at radius 1 is 0.880 bits per heavy atom. The third-order valence-corrected chi connectivity index (χ3v) is 4.96. The molecule has 0 amide bonds. The fraction of sp³-hybridized carbons (Fsp3) is 0.143. The summed E-state index contributed by atoms with van der Waals surface area (Å²) in [5, 5.41) is 5.57. The summed E-state index contributed by atoms with van der Waals surface area (Å²) in [6.45, 7) is 4.07. The normalized spacial score (nSPS) is 11.2. The summed E-state index contributed by atoms with van der Waals surface area (Å²) < 4.78 is 1.87. The minimum Gasteiger partial charge on any atom is -0.233 e. The van der Waals surface area contributed by atoms with Crippen LogP contribution in [-0.2, 0) is 6.42 Å². The zero-order chi connectivity index (χ0) is 17.4. The second-order valence-corrected chi connectivity index (χ2v) is 6.65. The van der Waals surface area contributed by atoms with E-state index in [9.17, 15) is 0 Å². The van der Waals surface area contributed by atoms with Gasteiger partial charge in [-0.3, -0.25) is 0 Å². The molecule has 4 aromatic rings. The number of benzene rings is 2. The van der Waals surface area contributed by atoms with E-state index in [1.54, 1.807) is 0 Å². The average molecular weight is 345 g/mol. The molecule has 0 spiro atoms. The van der Waals surface area contributed by atoms with Crippen LogP contribution in [-0.4, -0.2) is 14.6 Å². The van der Waals surface area contributed by atoms with E-state index in [0.29, 0.717) is 0 Å². The second-order valence-electron chi connectivity index (χ2n) is 6.22. The third-order valence-electron chi connectivity index (χ3n) is 4.50. The van der Waals surface area contributed by atoms with Crippen molar-refractivity contribution in [3.8, 4) is 11.1 Å². The van der Waals surface area contributed by atoms with Crippen molar-refractivity contribution in [2.75, 3.05) is 0 Å². The second kappa shape index (κ2) is 6.37. The third kappa shape index (κ3) is 2.83. The van der Waals surface area contributed by atoms with Gasteiger partial charge in [0, 0.05) is 23.2 Å². The van der Waals surface area contributed by atoms with Gasteiger partial charge < -0.3 is 0 Å². The number of rotatable bonds is 3. The molecule has 0 unspecified atom stereocenters. The maximum atomic E-state index is 4.88. The van der Waals surface area contributed by atoms with Crippen LogP contribution in [0.15, 0.2) is 65.7 Å². The van der Waals surface area contributed by atoms with E-state index in [2.05, 4.69) is 43.3 Å². The lowest BCUT2D eigenvalue weighted by molar-refractivity contribution is 0.795. The Morgan fingerprint density at radius 2 is 1.52 bits per heavy atom. The van der Waals surface area contributed by atoms with Gasteiger partial charge in [0.05, 0.1) is 5.69 Å². The summed E-state index contributed by atoms with van der Waals surface area (Å²) in [5.41, 5.74) is 7.39. The van der Waals surface area contributed by atoms with Crippen LogP contribution in [0, 0.1) is 13.8 Å². The molecule has 0 saturated heterocycles. The van der Waals surface area contributed by atoms with E-state index in [4.69, 9.17) is 22.7 Å². The van der Waals surface area contributed by atoms with Crippen LogP contribution >= 0.6 is 12.6 Å². The van der Waals surface area contributed by atoms with Crippen LogP contribution in [0.25, 0.3) is 16.8 Å². The average Bonchev–Trinajstić information content (AvgIpc) is 2.96. The van der Waals surface area contributed by atoms with Crippen molar-refractivity contribution >= 4 is 18.3 Å². The van der Waals surface area contributed by atoms with Gasteiger partial charge in [-0.05, 0) is 25.0 Å². The smallest absolute Gasteiger partial charge is 0.164 e. The van der Waals surface area contributed by atoms with Gasteiger partial charge in [-0.15, -0.1) is 12.6 Å². The molecule has 2 aromatic carbocycles. The lowest BCUT2D eigenvalue weighted by atomic mass is 10.0. The fourth-order valence-electron chi connectivity index (χ4n) is 3.23. The molecule has 2 heterocycles. The molecule has 0 bridgehead atoms. The van der Waals surface area contributed by atoms with Gasteiger partial charge in [-0.1, -0.05) is 60.7 Å². The molecule has 0 saturated carbocycles. The SMILES string of the molecule is Cc1nc2c(-c3ccccc3)c(C)nn2c(S)c1Cc1ccccc1. The number of aromatic nitrogens is 3. The first-order valence-electron chi connectivity index (χ1n) is 8.32. The Labute approximate surface area is 152 Å². The molecule has 0 fully saturated rings. The molecule has 0 aliphatic rings. The summed E-state index contributed by atoms with van der Waals surface area (Å²) in [5.74, 6) is 0. The van der Waals surface area contributed by atoms with Gasteiger partial charge in [0.1, 0.15) is 5.03 Å². The summed E-state index contributed by atoms with van der Waals surface area (Å²) in [6, 6.07) is 20.7. The van der Waals surface area contributed by atoms with Gasteiger partial charge in [0.25, 0.3) is 0 Å².